The van der Waals surface area contributed by atoms with Gasteiger partial charge in [0.25, 0.3) is 0 Å². The van der Waals surface area contributed by atoms with Crippen molar-refractivity contribution in [3.8, 4) is 11.5 Å². The Hall–Kier alpha value is -3.17. The lowest BCUT2D eigenvalue weighted by atomic mass is 9.61. The second kappa shape index (κ2) is 6.71. The number of pyridine rings is 1. The van der Waals surface area contributed by atoms with Crippen molar-refractivity contribution in [3.63, 3.8) is 0 Å². The minimum atomic E-state index is -1.12. The predicted molar refractivity (Wildman–Crippen MR) is 96.2 cm³/mol. The molecular weight excluding hydrogens is 382 g/mol. The van der Waals surface area contributed by atoms with Crippen molar-refractivity contribution in [1.29, 1.82) is 0 Å². The number of rotatable bonds is 4. The number of fused-ring (bicyclic) bond motifs is 4. The van der Waals surface area contributed by atoms with Gasteiger partial charge in [-0.2, -0.15) is 5.10 Å². The average molecular weight is 399 g/mol. The van der Waals surface area contributed by atoms with Crippen molar-refractivity contribution in [2.45, 2.75) is 31.7 Å². The molecule has 0 unspecified atom stereocenters. The van der Waals surface area contributed by atoms with E-state index in [-0.39, 0.29) is 29.1 Å². The monoisotopic (exact) mass is 399 g/mol. The van der Waals surface area contributed by atoms with E-state index in [2.05, 4.69) is 30.5 Å². The van der Waals surface area contributed by atoms with Gasteiger partial charge in [-0.05, 0) is 43.6 Å². The smallest absolute Gasteiger partial charge is 0.183 e. The molecule has 3 fully saturated rings. The van der Waals surface area contributed by atoms with Crippen molar-refractivity contribution in [1.82, 2.24) is 25.1 Å². The summed E-state index contributed by atoms with van der Waals surface area (Å²) in [6, 6.07) is 0.787. The highest BCUT2D eigenvalue weighted by Gasteiger charge is 2.44. The van der Waals surface area contributed by atoms with Crippen LogP contribution in [-0.2, 0) is 4.79 Å². The number of halogens is 2. The molecule has 3 aromatic rings. The van der Waals surface area contributed by atoms with Gasteiger partial charge in [-0.3, -0.25) is 5.10 Å². The van der Waals surface area contributed by atoms with Gasteiger partial charge in [0, 0.05) is 17.9 Å². The molecule has 3 aliphatic carbocycles. The molecule has 0 saturated heterocycles. The third kappa shape index (κ3) is 2.99. The fourth-order valence-corrected chi connectivity index (χ4v) is 4.79. The van der Waals surface area contributed by atoms with Gasteiger partial charge in [0.2, 0.25) is 0 Å². The molecule has 10 heteroatoms. The molecule has 2 bridgehead atoms. The maximum Gasteiger partial charge on any atom is 0.183 e. The number of hydrogen-bond acceptors (Lipinski definition) is 7. The van der Waals surface area contributed by atoms with Gasteiger partial charge >= 0.3 is 0 Å². The van der Waals surface area contributed by atoms with E-state index in [1.54, 1.807) is 0 Å². The highest BCUT2D eigenvalue weighted by molar-refractivity contribution is 5.88. The Morgan fingerprint density at radius 3 is 2.66 bits per heavy atom. The van der Waals surface area contributed by atoms with Crippen LogP contribution in [0.5, 0.6) is 0 Å². The first-order valence-corrected chi connectivity index (χ1v) is 9.51. The second-order valence-electron chi connectivity index (χ2n) is 7.70. The molecule has 2 atom stereocenters. The fourth-order valence-electron chi connectivity index (χ4n) is 4.79. The highest BCUT2D eigenvalue weighted by atomic mass is 19.1. The number of carboxylic acid groups (broad SMARTS) is 1. The molecular formula is C19H17F2N6O2-. The molecule has 0 aliphatic heterocycles. The normalized spacial score (nSPS) is 26.0. The van der Waals surface area contributed by atoms with E-state index in [0.29, 0.717) is 11.1 Å². The molecule has 0 spiro atoms. The van der Waals surface area contributed by atoms with Crippen LogP contribution in [0.3, 0.4) is 0 Å². The van der Waals surface area contributed by atoms with E-state index >= 15 is 0 Å². The van der Waals surface area contributed by atoms with Crippen molar-refractivity contribution in [2.24, 2.45) is 17.8 Å². The summed E-state index contributed by atoms with van der Waals surface area (Å²) in [5.74, 6) is -2.89. The molecule has 3 aromatic heterocycles. The third-order valence-electron chi connectivity index (χ3n) is 6.14. The van der Waals surface area contributed by atoms with E-state index in [9.17, 15) is 18.7 Å². The molecule has 29 heavy (non-hydrogen) atoms. The lowest BCUT2D eigenvalue weighted by molar-refractivity contribution is -0.316. The maximum absolute atomic E-state index is 14.5. The number of anilines is 1. The number of carbonyl (C=O) groups is 1. The van der Waals surface area contributed by atoms with Gasteiger partial charge in [0.15, 0.2) is 23.1 Å². The van der Waals surface area contributed by atoms with Crippen LogP contribution in [0.15, 0.2) is 18.5 Å². The topological polar surface area (TPSA) is 120 Å². The summed E-state index contributed by atoms with van der Waals surface area (Å²) in [5, 5.41) is 21.8. The van der Waals surface area contributed by atoms with Gasteiger partial charge in [-0.15, -0.1) is 0 Å². The van der Waals surface area contributed by atoms with Crippen LogP contribution in [0.4, 0.5) is 14.6 Å². The maximum atomic E-state index is 14.5. The largest absolute Gasteiger partial charge is 0.550 e. The summed E-state index contributed by atoms with van der Waals surface area (Å²) in [6.45, 7) is 0. The standard InChI is InChI=1S/C19H18F2N6O2/c20-10-5-11-15(26-27-16(11)22-6-10)18-23-7-12(21)17(25-18)24-14-9-3-1-8(2-4-9)13(14)19(28)29/h5-9,13-14H,1-4H2,(H,28,29)(H,22,26,27)(H,23,24,25)/p-1/t8?,9?,13-,14+/m1/s1. The van der Waals surface area contributed by atoms with Crippen molar-refractivity contribution in [3.05, 3.63) is 30.1 Å². The average Bonchev–Trinajstić information content (AvgIpc) is 3.13. The second-order valence-corrected chi connectivity index (χ2v) is 7.70. The quantitative estimate of drug-likeness (QED) is 0.685. The van der Waals surface area contributed by atoms with Crippen LogP contribution in [0, 0.1) is 29.4 Å². The first-order valence-electron chi connectivity index (χ1n) is 9.51. The summed E-state index contributed by atoms with van der Waals surface area (Å²) < 4.78 is 28.1. The Kier molecular flexibility index (Phi) is 4.14. The Labute approximate surface area is 163 Å². The number of H-pyrrole nitrogens is 1. The molecule has 3 saturated carbocycles. The Balaban J connectivity index is 1.51. The molecule has 8 nitrogen and oxygen atoms in total. The van der Waals surface area contributed by atoms with Crippen molar-refractivity contribution < 1.29 is 18.7 Å². The van der Waals surface area contributed by atoms with E-state index in [1.807, 2.05) is 0 Å². The molecule has 2 N–H and O–H groups in total. The van der Waals surface area contributed by atoms with E-state index in [1.165, 1.54) is 6.07 Å². The summed E-state index contributed by atoms with van der Waals surface area (Å²) in [6.07, 6.45) is 5.52. The molecule has 3 heterocycles. The number of carboxylic acids is 1. The number of carbonyl (C=O) groups excluding carboxylic acids is 1. The fraction of sp³-hybridized carbons (Fsp3) is 0.421. The Morgan fingerprint density at radius 1 is 1.14 bits per heavy atom. The van der Waals surface area contributed by atoms with Gasteiger partial charge in [-0.1, -0.05) is 0 Å². The molecule has 0 aromatic carbocycles. The molecule has 6 rings (SSSR count). The SMILES string of the molecule is O=C([O-])[C@@H]1C2CCC(CC2)[C@@H]1Nc1nc(-c2[nH]nc3ncc(F)cc23)ncc1F. The zero-order chi connectivity index (χ0) is 20.1. The first kappa shape index (κ1) is 17.9. The van der Waals surface area contributed by atoms with Gasteiger partial charge in [-0.25, -0.2) is 23.7 Å². The van der Waals surface area contributed by atoms with E-state index in [0.717, 1.165) is 38.1 Å². The highest BCUT2D eigenvalue weighted by Crippen LogP contribution is 2.46. The zero-order valence-electron chi connectivity index (χ0n) is 15.2. The third-order valence-corrected chi connectivity index (χ3v) is 6.14. The van der Waals surface area contributed by atoms with E-state index in [4.69, 9.17) is 0 Å². The number of aromatic amines is 1. The first-order chi connectivity index (χ1) is 14.0. The van der Waals surface area contributed by atoms with Crippen LogP contribution < -0.4 is 10.4 Å². The summed E-state index contributed by atoms with van der Waals surface area (Å²) >= 11 is 0. The van der Waals surface area contributed by atoms with Crippen LogP contribution >= 0.6 is 0 Å². The zero-order valence-corrected chi connectivity index (χ0v) is 15.2. The molecule has 0 radical (unpaired) electrons. The van der Waals surface area contributed by atoms with Crippen molar-refractivity contribution >= 4 is 22.8 Å². The molecule has 0 amide bonds. The Bertz CT molecular complexity index is 1100. The van der Waals surface area contributed by atoms with Crippen LogP contribution in [0.2, 0.25) is 0 Å². The van der Waals surface area contributed by atoms with Gasteiger partial charge in [0.1, 0.15) is 11.5 Å². The van der Waals surface area contributed by atoms with Gasteiger partial charge < -0.3 is 15.2 Å². The van der Waals surface area contributed by atoms with Crippen LogP contribution in [-0.4, -0.2) is 37.2 Å². The lowest BCUT2D eigenvalue weighted by Gasteiger charge is -2.49. The van der Waals surface area contributed by atoms with Crippen LogP contribution in [0.25, 0.3) is 22.6 Å². The van der Waals surface area contributed by atoms with Crippen molar-refractivity contribution in [2.75, 3.05) is 5.32 Å². The summed E-state index contributed by atoms with van der Waals surface area (Å²) in [5.41, 5.74) is 0.585. The Morgan fingerprint density at radius 2 is 1.90 bits per heavy atom. The number of nitrogens with one attached hydrogen (secondary N) is 2. The number of hydrogen-bond donors (Lipinski definition) is 2. The number of aliphatic carboxylic acids is 1. The number of aromatic nitrogens is 5. The lowest BCUT2D eigenvalue weighted by Crippen LogP contribution is -2.55. The number of nitrogens with zero attached hydrogens (tertiary/aromatic N) is 4. The molecule has 3 aliphatic rings. The van der Waals surface area contributed by atoms with Gasteiger partial charge in [0.05, 0.1) is 17.8 Å². The minimum Gasteiger partial charge on any atom is -0.550 e. The van der Waals surface area contributed by atoms with Crippen LogP contribution in [0.1, 0.15) is 25.7 Å². The molecule has 150 valence electrons. The summed E-state index contributed by atoms with van der Waals surface area (Å²) in [4.78, 5) is 23.8. The predicted octanol–water partition coefficient (Wildman–Crippen LogP) is 1.66. The summed E-state index contributed by atoms with van der Waals surface area (Å²) in [7, 11) is 0. The minimum absolute atomic E-state index is 0.0254. The van der Waals surface area contributed by atoms with E-state index < -0.39 is 29.6 Å².